The van der Waals surface area contributed by atoms with Gasteiger partial charge in [0, 0.05) is 22.5 Å². The van der Waals surface area contributed by atoms with E-state index in [1.54, 1.807) is 36.4 Å². The second kappa shape index (κ2) is 9.43. The number of furan rings is 1. The number of amides is 1. The molecular weight excluding hydrogens is 473 g/mol. The summed E-state index contributed by atoms with van der Waals surface area (Å²) in [6.45, 7) is -0.683. The zero-order valence-electron chi connectivity index (χ0n) is 16.8. The minimum absolute atomic E-state index is 0.119. The van der Waals surface area contributed by atoms with E-state index in [2.05, 4.69) is 5.10 Å². The Hall–Kier alpha value is -3.69. The molecule has 1 atom stereocenters. The number of rotatable bonds is 6. The van der Waals surface area contributed by atoms with Crippen molar-refractivity contribution in [3.8, 4) is 0 Å². The van der Waals surface area contributed by atoms with Gasteiger partial charge in [0.05, 0.1) is 16.9 Å². The Morgan fingerprint density at radius 2 is 1.88 bits per heavy atom. The third kappa shape index (κ3) is 4.89. The third-order valence-corrected chi connectivity index (χ3v) is 5.40. The zero-order chi connectivity index (χ0) is 23.5. The van der Waals surface area contributed by atoms with Crippen LogP contribution in [-0.4, -0.2) is 34.1 Å². The number of nitro groups is 1. The van der Waals surface area contributed by atoms with Crippen LogP contribution in [0.1, 0.15) is 34.1 Å². The van der Waals surface area contributed by atoms with Gasteiger partial charge in [0.25, 0.3) is 11.6 Å². The first-order valence-electron chi connectivity index (χ1n) is 9.63. The summed E-state index contributed by atoms with van der Waals surface area (Å²) in [5.41, 5.74) is 0.570. The van der Waals surface area contributed by atoms with Gasteiger partial charge in [0.2, 0.25) is 0 Å². The molecule has 0 fully saturated rings. The Bertz CT molecular complexity index is 1240. The monoisotopic (exact) mass is 487 g/mol. The summed E-state index contributed by atoms with van der Waals surface area (Å²) >= 11 is 11.8. The zero-order valence-corrected chi connectivity index (χ0v) is 18.3. The van der Waals surface area contributed by atoms with Crippen molar-refractivity contribution in [3.63, 3.8) is 0 Å². The maximum atomic E-state index is 12.9. The van der Waals surface area contributed by atoms with Gasteiger partial charge in [-0.15, -0.1) is 0 Å². The van der Waals surface area contributed by atoms with Gasteiger partial charge in [-0.2, -0.15) is 5.10 Å². The number of hydrogen-bond donors (Lipinski definition) is 0. The molecule has 3 aromatic rings. The number of carbonyl (C=O) groups excluding carboxylic acids is 2. The molecule has 9 nitrogen and oxygen atoms in total. The van der Waals surface area contributed by atoms with Crippen LogP contribution in [0.2, 0.25) is 10.0 Å². The lowest BCUT2D eigenvalue weighted by Gasteiger charge is -2.19. The number of esters is 1. The van der Waals surface area contributed by atoms with E-state index in [0.29, 0.717) is 22.9 Å². The molecule has 11 heteroatoms. The van der Waals surface area contributed by atoms with Gasteiger partial charge in [-0.1, -0.05) is 35.3 Å². The Kier molecular flexibility index (Phi) is 6.43. The lowest BCUT2D eigenvalue weighted by atomic mass is 10.0. The normalized spacial score (nSPS) is 15.3. The van der Waals surface area contributed by atoms with Gasteiger partial charge < -0.3 is 9.15 Å². The molecule has 0 saturated heterocycles. The molecule has 0 spiro atoms. The summed E-state index contributed by atoms with van der Waals surface area (Å²) in [6.07, 6.45) is 1.85. The van der Waals surface area contributed by atoms with Crippen molar-refractivity contribution in [2.45, 2.75) is 12.5 Å². The number of benzene rings is 2. The quantitative estimate of drug-likeness (QED) is 0.273. The maximum Gasteiger partial charge on any atom is 0.345 e. The molecule has 0 bridgehead atoms. The maximum absolute atomic E-state index is 12.9. The molecule has 168 valence electrons. The van der Waals surface area contributed by atoms with Crippen molar-refractivity contribution in [1.82, 2.24) is 5.01 Å². The van der Waals surface area contributed by atoms with E-state index in [1.807, 2.05) is 0 Å². The van der Waals surface area contributed by atoms with Crippen LogP contribution in [0.25, 0.3) is 0 Å². The summed E-state index contributed by atoms with van der Waals surface area (Å²) < 4.78 is 10.5. The Morgan fingerprint density at radius 1 is 1.15 bits per heavy atom. The van der Waals surface area contributed by atoms with Crippen LogP contribution in [0.5, 0.6) is 0 Å². The molecule has 1 unspecified atom stereocenters. The largest absolute Gasteiger partial charge is 0.467 e. The van der Waals surface area contributed by atoms with E-state index < -0.39 is 35.1 Å². The molecule has 1 aliphatic heterocycles. The van der Waals surface area contributed by atoms with E-state index in [4.69, 9.17) is 32.4 Å². The molecule has 2 aromatic carbocycles. The summed E-state index contributed by atoms with van der Waals surface area (Å²) in [5, 5.41) is 17.5. The van der Waals surface area contributed by atoms with Crippen molar-refractivity contribution in [2.75, 3.05) is 6.61 Å². The summed E-state index contributed by atoms with van der Waals surface area (Å²) in [4.78, 5) is 35.8. The molecular formula is C22H15Cl2N3O6. The first-order valence-corrected chi connectivity index (χ1v) is 10.4. The highest BCUT2D eigenvalue weighted by molar-refractivity contribution is 6.31. The average molecular weight is 488 g/mol. The van der Waals surface area contributed by atoms with E-state index in [-0.39, 0.29) is 10.6 Å². The van der Waals surface area contributed by atoms with E-state index in [9.17, 15) is 19.7 Å². The number of nitro benzene ring substituents is 1. The SMILES string of the molecule is O=C(OCC(=O)N1N=C(c2ccc(Cl)cc2)CC1c1ccco1)c1cc(Cl)ccc1[N+](=O)[O-]. The van der Waals surface area contributed by atoms with Gasteiger partial charge in [-0.3, -0.25) is 14.9 Å². The second-order valence-electron chi connectivity index (χ2n) is 7.02. The van der Waals surface area contributed by atoms with Crippen molar-refractivity contribution >= 4 is 46.5 Å². The smallest absolute Gasteiger partial charge is 0.345 e. The van der Waals surface area contributed by atoms with Gasteiger partial charge in [0.15, 0.2) is 6.61 Å². The number of nitrogens with zero attached hydrogens (tertiary/aromatic N) is 3. The van der Waals surface area contributed by atoms with Gasteiger partial charge >= 0.3 is 5.97 Å². The first kappa shape index (κ1) is 22.5. The molecule has 0 N–H and O–H groups in total. The topological polar surface area (TPSA) is 115 Å². The molecule has 0 radical (unpaired) electrons. The van der Waals surface area contributed by atoms with E-state index in [0.717, 1.165) is 17.7 Å². The van der Waals surface area contributed by atoms with Gasteiger partial charge in [-0.05, 0) is 42.0 Å². The van der Waals surface area contributed by atoms with Crippen LogP contribution < -0.4 is 0 Å². The Balaban J connectivity index is 1.54. The lowest BCUT2D eigenvalue weighted by molar-refractivity contribution is -0.385. The Morgan fingerprint density at radius 3 is 2.55 bits per heavy atom. The van der Waals surface area contributed by atoms with Crippen LogP contribution in [0, 0.1) is 10.1 Å². The number of hydrogen-bond acceptors (Lipinski definition) is 7. The van der Waals surface area contributed by atoms with Crippen LogP contribution in [0.15, 0.2) is 70.4 Å². The summed E-state index contributed by atoms with van der Waals surface area (Å²) in [7, 11) is 0. The van der Waals surface area contributed by atoms with Crippen LogP contribution in [-0.2, 0) is 9.53 Å². The average Bonchev–Trinajstić information content (AvgIpc) is 3.47. The number of hydrazone groups is 1. The van der Waals surface area contributed by atoms with Crippen molar-refractivity contribution in [2.24, 2.45) is 5.10 Å². The van der Waals surface area contributed by atoms with Crippen molar-refractivity contribution < 1.29 is 23.7 Å². The molecule has 0 aliphatic carbocycles. The minimum atomic E-state index is -1.05. The number of ether oxygens (including phenoxy) is 1. The van der Waals surface area contributed by atoms with Crippen LogP contribution >= 0.6 is 23.2 Å². The Labute approximate surface area is 197 Å². The van der Waals surface area contributed by atoms with Crippen molar-refractivity contribution in [3.05, 3.63) is 97.9 Å². The van der Waals surface area contributed by atoms with Crippen LogP contribution in [0.4, 0.5) is 5.69 Å². The molecule has 33 heavy (non-hydrogen) atoms. The summed E-state index contributed by atoms with van der Waals surface area (Å²) in [6, 6.07) is 13.4. The third-order valence-electron chi connectivity index (χ3n) is 4.92. The lowest BCUT2D eigenvalue weighted by Crippen LogP contribution is -2.31. The highest BCUT2D eigenvalue weighted by atomic mass is 35.5. The fourth-order valence-electron chi connectivity index (χ4n) is 3.36. The molecule has 1 amide bonds. The number of halogens is 2. The summed E-state index contributed by atoms with van der Waals surface area (Å²) in [5.74, 6) is -1.17. The van der Waals surface area contributed by atoms with Gasteiger partial charge in [-0.25, -0.2) is 9.80 Å². The molecule has 4 rings (SSSR count). The van der Waals surface area contributed by atoms with E-state index >= 15 is 0 Å². The predicted molar refractivity (Wildman–Crippen MR) is 119 cm³/mol. The van der Waals surface area contributed by atoms with Crippen LogP contribution in [0.3, 0.4) is 0 Å². The minimum Gasteiger partial charge on any atom is -0.467 e. The molecule has 1 aromatic heterocycles. The molecule has 2 heterocycles. The van der Waals surface area contributed by atoms with Gasteiger partial charge in [0.1, 0.15) is 17.4 Å². The number of carbonyl (C=O) groups is 2. The highest BCUT2D eigenvalue weighted by Gasteiger charge is 2.35. The fraction of sp³-hybridized carbons (Fsp3) is 0.136. The molecule has 0 saturated carbocycles. The fourth-order valence-corrected chi connectivity index (χ4v) is 3.66. The van der Waals surface area contributed by atoms with E-state index in [1.165, 1.54) is 17.3 Å². The first-order chi connectivity index (χ1) is 15.8. The molecule has 1 aliphatic rings. The highest BCUT2D eigenvalue weighted by Crippen LogP contribution is 2.33. The standard InChI is InChI=1S/C22H15Cl2N3O6/c23-14-5-3-13(4-6-14)17-11-19(20-2-1-9-32-20)26(25-17)21(28)12-33-22(29)16-10-15(24)7-8-18(16)27(30)31/h1-10,19H,11-12H2. The second-order valence-corrected chi connectivity index (χ2v) is 7.89. The van der Waals surface area contributed by atoms with Crippen molar-refractivity contribution in [1.29, 1.82) is 0 Å². The predicted octanol–water partition coefficient (Wildman–Crippen LogP) is 5.03.